The van der Waals surface area contributed by atoms with Crippen LogP contribution in [0.5, 0.6) is 0 Å². The van der Waals surface area contributed by atoms with Crippen LogP contribution in [0.15, 0.2) is 273 Å². The van der Waals surface area contributed by atoms with Crippen molar-refractivity contribution in [3.8, 4) is 28.2 Å². The Balaban J connectivity index is 1.04. The average Bonchev–Trinajstić information content (AvgIpc) is 4.08. The van der Waals surface area contributed by atoms with Gasteiger partial charge in [-0.15, -0.1) is 0 Å². The van der Waals surface area contributed by atoms with Crippen LogP contribution in [0.25, 0.3) is 93.6 Å². The third kappa shape index (κ3) is 5.94. The summed E-state index contributed by atoms with van der Waals surface area (Å²) in [7, 11) is -2.81. The van der Waals surface area contributed by atoms with E-state index in [1.807, 2.05) is 0 Å². The molecular formula is C66H45N3Si. The van der Waals surface area contributed by atoms with Crippen molar-refractivity contribution in [2.24, 2.45) is 0 Å². The van der Waals surface area contributed by atoms with Crippen LogP contribution in [0.2, 0.25) is 0 Å². The van der Waals surface area contributed by atoms with Gasteiger partial charge in [-0.2, -0.15) is 0 Å². The third-order valence-corrected chi connectivity index (χ3v) is 19.5. The number of rotatable bonds is 8. The number of hydrogen-bond acceptors (Lipinski definition) is 0. The van der Waals surface area contributed by atoms with Gasteiger partial charge in [0, 0.05) is 60.5 Å². The van der Waals surface area contributed by atoms with Crippen molar-refractivity contribution in [3.63, 3.8) is 0 Å². The van der Waals surface area contributed by atoms with E-state index in [0.717, 1.165) is 22.6 Å². The Morgan fingerprint density at radius 3 is 1.10 bits per heavy atom. The molecule has 0 aliphatic heterocycles. The molecule has 0 N–H and O–H groups in total. The number of nitrogens with zero attached hydrogens (tertiary/aromatic N) is 3. The maximum Gasteiger partial charge on any atom is 0.179 e. The predicted molar refractivity (Wildman–Crippen MR) is 299 cm³/mol. The Labute approximate surface area is 407 Å². The van der Waals surface area contributed by atoms with Crippen LogP contribution in [-0.4, -0.2) is 21.8 Å². The molecule has 0 aliphatic rings. The molecule has 0 atom stereocenters. The first-order valence-corrected chi connectivity index (χ1v) is 26.2. The molecule has 4 heteroatoms. The van der Waals surface area contributed by atoms with E-state index in [4.69, 9.17) is 0 Å². The van der Waals surface area contributed by atoms with Gasteiger partial charge in [-0.05, 0) is 75.3 Å². The molecule has 14 rings (SSSR count). The first-order chi connectivity index (χ1) is 34.8. The molecule has 3 aromatic heterocycles. The first-order valence-electron chi connectivity index (χ1n) is 24.2. The number of para-hydroxylation sites is 6. The minimum Gasteiger partial charge on any atom is -0.309 e. The largest absolute Gasteiger partial charge is 0.309 e. The number of aromatic nitrogens is 3. The lowest BCUT2D eigenvalue weighted by Crippen LogP contribution is -2.74. The van der Waals surface area contributed by atoms with Crippen molar-refractivity contribution in [3.05, 3.63) is 273 Å². The molecule has 0 fully saturated rings. The van der Waals surface area contributed by atoms with Crippen LogP contribution in [0, 0.1) is 0 Å². The maximum absolute atomic E-state index is 2.81. The summed E-state index contributed by atoms with van der Waals surface area (Å²) >= 11 is 0. The van der Waals surface area contributed by atoms with E-state index in [2.05, 4.69) is 287 Å². The summed E-state index contributed by atoms with van der Waals surface area (Å²) < 4.78 is 7.48. The highest BCUT2D eigenvalue weighted by Gasteiger charge is 2.41. The summed E-state index contributed by atoms with van der Waals surface area (Å²) in [5.74, 6) is 0. The molecule has 0 aliphatic carbocycles. The molecule has 0 spiro atoms. The normalized spacial score (nSPS) is 12.0. The summed E-state index contributed by atoms with van der Waals surface area (Å²) in [4.78, 5) is 0. The topological polar surface area (TPSA) is 14.8 Å². The van der Waals surface area contributed by atoms with Crippen LogP contribution >= 0.6 is 0 Å². The van der Waals surface area contributed by atoms with Gasteiger partial charge in [-0.1, -0.05) is 218 Å². The molecule has 14 aromatic rings. The molecule has 328 valence electrons. The van der Waals surface area contributed by atoms with E-state index >= 15 is 0 Å². The smallest absolute Gasteiger partial charge is 0.179 e. The van der Waals surface area contributed by atoms with Crippen LogP contribution in [-0.2, 0) is 0 Å². The minimum atomic E-state index is -2.81. The molecule has 11 aromatic carbocycles. The van der Waals surface area contributed by atoms with E-state index in [-0.39, 0.29) is 0 Å². The van der Waals surface area contributed by atoms with Crippen molar-refractivity contribution >= 4 is 94.2 Å². The molecule has 3 nitrogen and oxygen atoms in total. The van der Waals surface area contributed by atoms with Gasteiger partial charge >= 0.3 is 0 Å². The van der Waals surface area contributed by atoms with Gasteiger partial charge in [0.15, 0.2) is 8.07 Å². The van der Waals surface area contributed by atoms with Gasteiger partial charge in [-0.3, -0.25) is 0 Å². The summed E-state index contributed by atoms with van der Waals surface area (Å²) in [5.41, 5.74) is 12.9. The second kappa shape index (κ2) is 16.1. The van der Waals surface area contributed by atoms with Crippen molar-refractivity contribution < 1.29 is 0 Å². The Morgan fingerprint density at radius 2 is 0.571 bits per heavy atom. The lowest BCUT2D eigenvalue weighted by Gasteiger charge is -2.34. The molecule has 70 heavy (non-hydrogen) atoms. The standard InChI is InChI=1S/C66H45N3Si/c1-5-22-46(23-6-1)68-62-40-17-14-33-54(62)57-35-20-37-59(65(57)68)60-38-21-36-58-55-34-15-18-41-63(55)69(66(58)60)48-42-43-56-53-32-13-16-39-61(53)67(64(56)45-48)47-24-19-31-52(44-47)70(49-25-7-2-8-26-49,50-27-9-3-10-28-50)51-29-11-4-12-30-51/h1-45H. The van der Waals surface area contributed by atoms with Crippen molar-refractivity contribution in [1.82, 2.24) is 13.7 Å². The highest BCUT2D eigenvalue weighted by Crippen LogP contribution is 2.44. The SMILES string of the molecule is c1ccc(-n2c3ccccc3c3cccc(-c4cccc5c6ccccc6n(-c6ccc7c8ccccc8n(-c8cccc([Si](c9ccccc9)(c9ccccc9)c9ccccc9)c8)c7c6)c45)c32)cc1. The summed E-state index contributed by atoms with van der Waals surface area (Å²) in [6, 6.07) is 101. The van der Waals surface area contributed by atoms with Crippen LogP contribution in [0.3, 0.4) is 0 Å². The van der Waals surface area contributed by atoms with Crippen molar-refractivity contribution in [1.29, 1.82) is 0 Å². The van der Waals surface area contributed by atoms with E-state index in [9.17, 15) is 0 Å². The fourth-order valence-corrected chi connectivity index (χ4v) is 16.7. The fraction of sp³-hybridized carbons (Fsp3) is 0. The lowest BCUT2D eigenvalue weighted by molar-refractivity contribution is 1.15. The molecular weight excluding hydrogens is 863 g/mol. The number of fused-ring (bicyclic) bond motifs is 9. The Hall–Kier alpha value is -8.96. The zero-order valence-corrected chi connectivity index (χ0v) is 39.3. The molecule has 0 unspecified atom stereocenters. The zero-order valence-electron chi connectivity index (χ0n) is 38.3. The van der Waals surface area contributed by atoms with Gasteiger partial charge in [0.1, 0.15) is 0 Å². The van der Waals surface area contributed by atoms with Gasteiger partial charge < -0.3 is 13.7 Å². The Morgan fingerprint density at radius 1 is 0.214 bits per heavy atom. The molecule has 0 bridgehead atoms. The Kier molecular flexibility index (Phi) is 9.23. The van der Waals surface area contributed by atoms with Crippen molar-refractivity contribution in [2.75, 3.05) is 0 Å². The van der Waals surface area contributed by atoms with Gasteiger partial charge in [0.05, 0.1) is 33.1 Å². The fourth-order valence-electron chi connectivity index (χ4n) is 11.9. The van der Waals surface area contributed by atoms with E-state index in [1.165, 1.54) is 91.8 Å². The zero-order chi connectivity index (χ0) is 46.2. The van der Waals surface area contributed by atoms with Crippen LogP contribution < -0.4 is 20.7 Å². The molecule has 0 saturated carbocycles. The quantitative estimate of drug-likeness (QED) is 0.107. The summed E-state index contributed by atoms with van der Waals surface area (Å²) in [6.45, 7) is 0. The van der Waals surface area contributed by atoms with Gasteiger partial charge in [0.2, 0.25) is 0 Å². The molecule has 3 heterocycles. The molecule has 0 amide bonds. The van der Waals surface area contributed by atoms with Gasteiger partial charge in [-0.25, -0.2) is 0 Å². The van der Waals surface area contributed by atoms with E-state index in [0.29, 0.717) is 0 Å². The highest BCUT2D eigenvalue weighted by atomic mass is 28.3. The second-order valence-electron chi connectivity index (χ2n) is 18.4. The summed E-state index contributed by atoms with van der Waals surface area (Å²) in [6.07, 6.45) is 0. The van der Waals surface area contributed by atoms with Crippen LogP contribution in [0.1, 0.15) is 0 Å². The van der Waals surface area contributed by atoms with E-state index < -0.39 is 8.07 Å². The lowest BCUT2D eigenvalue weighted by atomic mass is 9.99. The minimum absolute atomic E-state index is 1.11. The van der Waals surface area contributed by atoms with E-state index in [1.54, 1.807) is 0 Å². The predicted octanol–water partition coefficient (Wildman–Crippen LogP) is 14.0. The maximum atomic E-state index is 2.52. The summed E-state index contributed by atoms with van der Waals surface area (Å²) in [5, 5.41) is 12.8. The highest BCUT2D eigenvalue weighted by molar-refractivity contribution is 7.19. The molecule has 0 saturated heterocycles. The monoisotopic (exact) mass is 907 g/mol. The molecule has 0 radical (unpaired) electrons. The average molecular weight is 908 g/mol. The second-order valence-corrected chi connectivity index (χ2v) is 22.2. The van der Waals surface area contributed by atoms with Crippen molar-refractivity contribution in [2.45, 2.75) is 0 Å². The number of benzene rings is 11. The van der Waals surface area contributed by atoms with Crippen LogP contribution in [0.4, 0.5) is 0 Å². The first kappa shape index (κ1) is 40.1. The Bertz CT molecular complexity index is 4180. The van der Waals surface area contributed by atoms with Gasteiger partial charge in [0.25, 0.3) is 0 Å². The number of hydrogen-bond donors (Lipinski definition) is 0. The third-order valence-electron chi connectivity index (χ3n) is 14.8.